The van der Waals surface area contributed by atoms with Gasteiger partial charge in [-0.2, -0.15) is 5.10 Å². The Morgan fingerprint density at radius 2 is 2.07 bits per heavy atom. The van der Waals surface area contributed by atoms with Gasteiger partial charge in [-0.3, -0.25) is 9.48 Å². The van der Waals surface area contributed by atoms with Gasteiger partial charge in [-0.1, -0.05) is 12.1 Å². The maximum atomic E-state index is 12.7. The Kier molecular flexibility index (Phi) is 4.84. The van der Waals surface area contributed by atoms with Crippen LogP contribution >= 0.6 is 0 Å². The summed E-state index contributed by atoms with van der Waals surface area (Å²) < 4.78 is 7.35. The summed E-state index contributed by atoms with van der Waals surface area (Å²) in [4.78, 5) is 26.1. The fourth-order valence-corrected chi connectivity index (χ4v) is 3.80. The van der Waals surface area contributed by atoms with E-state index in [4.69, 9.17) is 4.42 Å². The monoisotopic (exact) mass is 402 g/mol. The highest BCUT2D eigenvalue weighted by molar-refractivity contribution is 5.95. The maximum absolute atomic E-state index is 12.7. The Bertz CT molecular complexity index is 1210. The topological polar surface area (TPSA) is 98.7 Å². The largest absolute Gasteiger partial charge is 0.448 e. The van der Waals surface area contributed by atoms with E-state index in [0.29, 0.717) is 17.4 Å². The van der Waals surface area contributed by atoms with Gasteiger partial charge >= 0.3 is 0 Å². The van der Waals surface area contributed by atoms with E-state index in [1.54, 1.807) is 10.9 Å². The third-order valence-electron chi connectivity index (χ3n) is 5.49. The van der Waals surface area contributed by atoms with Crippen molar-refractivity contribution in [2.24, 2.45) is 7.05 Å². The van der Waals surface area contributed by atoms with Crippen molar-refractivity contribution in [1.82, 2.24) is 30.0 Å². The first-order chi connectivity index (χ1) is 14.7. The van der Waals surface area contributed by atoms with Crippen molar-refractivity contribution >= 4 is 16.7 Å². The lowest BCUT2D eigenvalue weighted by atomic mass is 9.98. The SMILES string of the molecule is Cn1cc(-c2ccc3cnc(CC(=O)c4coc(C5CCNCC5)n4)nc3c2)cn1. The number of hydrogen-bond acceptors (Lipinski definition) is 7. The molecule has 1 fully saturated rings. The van der Waals surface area contributed by atoms with E-state index < -0.39 is 0 Å². The van der Waals surface area contributed by atoms with Gasteiger partial charge in [0.1, 0.15) is 17.8 Å². The zero-order valence-corrected chi connectivity index (χ0v) is 16.7. The second kappa shape index (κ2) is 7.79. The molecule has 8 nitrogen and oxygen atoms in total. The highest BCUT2D eigenvalue weighted by Crippen LogP contribution is 2.25. The summed E-state index contributed by atoms with van der Waals surface area (Å²) in [5.41, 5.74) is 3.18. The molecule has 4 aromatic rings. The maximum Gasteiger partial charge on any atom is 0.197 e. The minimum absolute atomic E-state index is 0.0885. The van der Waals surface area contributed by atoms with Gasteiger partial charge in [0.2, 0.25) is 0 Å². The van der Waals surface area contributed by atoms with Crippen molar-refractivity contribution in [3.63, 3.8) is 0 Å². The molecule has 0 saturated carbocycles. The molecule has 0 aliphatic carbocycles. The van der Waals surface area contributed by atoms with E-state index in [9.17, 15) is 4.79 Å². The quantitative estimate of drug-likeness (QED) is 0.513. The number of rotatable bonds is 5. The van der Waals surface area contributed by atoms with Gasteiger partial charge in [0.15, 0.2) is 11.7 Å². The summed E-state index contributed by atoms with van der Waals surface area (Å²) in [6.07, 6.45) is 9.02. The number of ketones is 1. The molecule has 30 heavy (non-hydrogen) atoms. The Balaban J connectivity index is 1.35. The summed E-state index contributed by atoms with van der Waals surface area (Å²) in [5.74, 6) is 1.26. The van der Waals surface area contributed by atoms with E-state index in [-0.39, 0.29) is 18.1 Å². The van der Waals surface area contributed by atoms with Gasteiger partial charge in [-0.05, 0) is 37.6 Å². The highest BCUT2D eigenvalue weighted by atomic mass is 16.3. The van der Waals surface area contributed by atoms with E-state index in [2.05, 4.69) is 25.4 Å². The summed E-state index contributed by atoms with van der Waals surface area (Å²) in [6.45, 7) is 1.89. The van der Waals surface area contributed by atoms with Crippen LogP contribution in [0, 0.1) is 0 Å². The van der Waals surface area contributed by atoms with Crippen LogP contribution in [0.2, 0.25) is 0 Å². The second-order valence-corrected chi connectivity index (χ2v) is 7.66. The number of hydrogen-bond donors (Lipinski definition) is 1. The Morgan fingerprint density at radius 1 is 1.20 bits per heavy atom. The van der Waals surface area contributed by atoms with E-state index in [1.807, 2.05) is 37.6 Å². The van der Waals surface area contributed by atoms with E-state index in [1.165, 1.54) is 6.26 Å². The predicted molar refractivity (Wildman–Crippen MR) is 111 cm³/mol. The smallest absolute Gasteiger partial charge is 0.197 e. The second-order valence-electron chi connectivity index (χ2n) is 7.66. The molecule has 1 aliphatic rings. The molecule has 0 atom stereocenters. The number of aromatic nitrogens is 5. The number of nitrogens with zero attached hydrogens (tertiary/aromatic N) is 5. The van der Waals surface area contributed by atoms with Gasteiger partial charge < -0.3 is 9.73 Å². The molecule has 152 valence electrons. The van der Waals surface area contributed by atoms with Gasteiger partial charge in [0.05, 0.1) is 18.1 Å². The van der Waals surface area contributed by atoms with Gasteiger partial charge in [0, 0.05) is 36.3 Å². The Hall–Kier alpha value is -3.39. The van der Waals surface area contributed by atoms with Crippen molar-refractivity contribution in [3.05, 3.63) is 60.5 Å². The molecule has 1 aliphatic heterocycles. The number of aryl methyl sites for hydroxylation is 1. The molecular weight excluding hydrogens is 380 g/mol. The van der Waals surface area contributed by atoms with E-state index in [0.717, 1.165) is 48.0 Å². The summed E-state index contributed by atoms with van der Waals surface area (Å²) in [5, 5.41) is 8.46. The summed E-state index contributed by atoms with van der Waals surface area (Å²) in [7, 11) is 1.89. The number of oxazole rings is 1. The summed E-state index contributed by atoms with van der Waals surface area (Å²) >= 11 is 0. The molecule has 0 radical (unpaired) electrons. The van der Waals surface area contributed by atoms with Crippen LogP contribution in [-0.4, -0.2) is 43.6 Å². The van der Waals surface area contributed by atoms with Crippen LogP contribution in [0.15, 0.2) is 47.5 Å². The molecule has 0 bridgehead atoms. The first-order valence-electron chi connectivity index (χ1n) is 10.1. The van der Waals surface area contributed by atoms with Crippen LogP contribution in [0.5, 0.6) is 0 Å². The zero-order chi connectivity index (χ0) is 20.5. The average molecular weight is 402 g/mol. The lowest BCUT2D eigenvalue weighted by molar-refractivity contribution is 0.0986. The molecular formula is C22H22N6O2. The van der Waals surface area contributed by atoms with Crippen LogP contribution in [-0.2, 0) is 13.5 Å². The average Bonchev–Trinajstić information content (AvgIpc) is 3.43. The van der Waals surface area contributed by atoms with Crippen LogP contribution < -0.4 is 5.32 Å². The minimum Gasteiger partial charge on any atom is -0.448 e. The fraction of sp³-hybridized carbons (Fsp3) is 0.318. The molecule has 1 saturated heterocycles. The number of piperidine rings is 1. The number of nitrogens with one attached hydrogen (secondary N) is 1. The Labute approximate surface area is 173 Å². The first-order valence-corrected chi connectivity index (χ1v) is 10.1. The molecule has 0 unspecified atom stereocenters. The third-order valence-corrected chi connectivity index (χ3v) is 5.49. The van der Waals surface area contributed by atoms with Crippen LogP contribution in [0.1, 0.15) is 41.0 Å². The predicted octanol–water partition coefficient (Wildman–Crippen LogP) is 2.91. The van der Waals surface area contributed by atoms with Crippen LogP contribution in [0.3, 0.4) is 0 Å². The molecule has 3 aromatic heterocycles. The Morgan fingerprint density at radius 3 is 2.87 bits per heavy atom. The molecule has 1 aromatic carbocycles. The van der Waals surface area contributed by atoms with Crippen LogP contribution in [0.4, 0.5) is 0 Å². The minimum atomic E-state index is -0.137. The first kappa shape index (κ1) is 18.6. The molecule has 8 heteroatoms. The zero-order valence-electron chi connectivity index (χ0n) is 16.7. The molecule has 0 spiro atoms. The van der Waals surface area contributed by atoms with Crippen molar-refractivity contribution < 1.29 is 9.21 Å². The number of carbonyl (C=O) groups excluding carboxylic acids is 1. The molecule has 5 rings (SSSR count). The highest BCUT2D eigenvalue weighted by Gasteiger charge is 2.22. The number of fused-ring (bicyclic) bond motifs is 1. The van der Waals surface area contributed by atoms with Crippen molar-refractivity contribution in [2.45, 2.75) is 25.2 Å². The standard InChI is InChI=1S/C22H22N6O2/c1-28-12-17(11-25-28)15-2-3-16-10-24-21(26-18(16)8-15)9-20(29)19-13-30-22(27-19)14-4-6-23-7-5-14/h2-3,8,10-14,23H,4-7,9H2,1H3. The van der Waals surface area contributed by atoms with Crippen LogP contribution in [0.25, 0.3) is 22.0 Å². The lowest BCUT2D eigenvalue weighted by Crippen LogP contribution is -2.26. The lowest BCUT2D eigenvalue weighted by Gasteiger charge is -2.19. The molecule has 1 N–H and O–H groups in total. The normalized spacial score (nSPS) is 15.0. The van der Waals surface area contributed by atoms with Crippen molar-refractivity contribution in [1.29, 1.82) is 0 Å². The van der Waals surface area contributed by atoms with Gasteiger partial charge in [0.25, 0.3) is 0 Å². The third kappa shape index (κ3) is 3.73. The number of carbonyl (C=O) groups is 1. The number of Topliss-reactive ketones (excluding diaryl/α,β-unsaturated/α-hetero) is 1. The van der Waals surface area contributed by atoms with Gasteiger partial charge in [-0.15, -0.1) is 0 Å². The number of benzene rings is 1. The van der Waals surface area contributed by atoms with Crippen molar-refractivity contribution in [2.75, 3.05) is 13.1 Å². The van der Waals surface area contributed by atoms with Gasteiger partial charge in [-0.25, -0.2) is 15.0 Å². The molecule has 4 heterocycles. The fourth-order valence-electron chi connectivity index (χ4n) is 3.80. The van der Waals surface area contributed by atoms with Crippen molar-refractivity contribution in [3.8, 4) is 11.1 Å². The van der Waals surface area contributed by atoms with E-state index >= 15 is 0 Å². The summed E-state index contributed by atoms with van der Waals surface area (Å²) in [6, 6.07) is 5.99. The molecule has 0 amide bonds.